The van der Waals surface area contributed by atoms with Gasteiger partial charge in [-0.25, -0.2) is 14.2 Å². The lowest BCUT2D eigenvalue weighted by Gasteiger charge is -2.07. The van der Waals surface area contributed by atoms with Crippen LogP contribution >= 0.6 is 11.8 Å². The molecule has 0 atom stereocenters. The van der Waals surface area contributed by atoms with Crippen LogP contribution in [0.4, 0.5) is 4.39 Å². The molecular weight excluding hydrogens is 375 g/mol. The molecule has 0 N–H and O–H groups in total. The number of halogens is 1. The highest BCUT2D eigenvalue weighted by atomic mass is 32.2. The van der Waals surface area contributed by atoms with E-state index in [-0.39, 0.29) is 5.82 Å². The highest BCUT2D eigenvalue weighted by molar-refractivity contribution is 7.99. The van der Waals surface area contributed by atoms with E-state index in [1.54, 1.807) is 18.2 Å². The third-order valence-corrected chi connectivity index (χ3v) is 5.56. The van der Waals surface area contributed by atoms with Gasteiger partial charge in [0.2, 0.25) is 0 Å². The molecule has 6 heteroatoms. The van der Waals surface area contributed by atoms with Gasteiger partial charge in [-0.05, 0) is 42.5 Å². The van der Waals surface area contributed by atoms with Crippen LogP contribution in [-0.4, -0.2) is 9.38 Å². The lowest BCUT2D eigenvalue weighted by Crippen LogP contribution is -1.97. The Morgan fingerprint density at radius 3 is 2.61 bits per heavy atom. The van der Waals surface area contributed by atoms with Gasteiger partial charge < -0.3 is 4.42 Å². The summed E-state index contributed by atoms with van der Waals surface area (Å²) in [6, 6.07) is 20.9. The van der Waals surface area contributed by atoms with Crippen LogP contribution in [0.2, 0.25) is 0 Å². The molecule has 0 saturated heterocycles. The summed E-state index contributed by atoms with van der Waals surface area (Å²) in [5, 5.41) is 1.70. The number of hydrogen-bond acceptors (Lipinski definition) is 4. The lowest BCUT2D eigenvalue weighted by molar-refractivity contribution is 0.557. The van der Waals surface area contributed by atoms with Crippen molar-refractivity contribution in [1.29, 1.82) is 0 Å². The zero-order valence-electron chi connectivity index (χ0n) is 14.5. The number of benzene rings is 2. The van der Waals surface area contributed by atoms with Gasteiger partial charge in [0, 0.05) is 28.1 Å². The average Bonchev–Trinajstić information content (AvgIpc) is 3.07. The average molecular weight is 388 g/mol. The molecule has 0 bridgehead atoms. The smallest absolute Gasteiger partial charge is 0.337 e. The number of nitrogens with zero attached hydrogens (tertiary/aromatic N) is 2. The molecule has 5 rings (SSSR count). The third-order valence-electron chi connectivity index (χ3n) is 4.42. The highest BCUT2D eigenvalue weighted by Gasteiger charge is 2.17. The maximum Gasteiger partial charge on any atom is 0.337 e. The maximum atomic E-state index is 13.4. The van der Waals surface area contributed by atoms with Crippen molar-refractivity contribution in [1.82, 2.24) is 9.38 Å². The molecular formula is C22H13FN2O2S. The molecule has 5 aromatic rings. The van der Waals surface area contributed by atoms with Gasteiger partial charge in [0.15, 0.2) is 0 Å². The SMILES string of the molecule is O=c1cc(Sc2c(-c3ccc(F)cc3)nc3ccccn23)c2ccccc2o1. The number of para-hydroxylation sites is 1. The van der Waals surface area contributed by atoms with E-state index in [1.165, 1.54) is 30.0 Å². The van der Waals surface area contributed by atoms with Crippen LogP contribution in [-0.2, 0) is 0 Å². The van der Waals surface area contributed by atoms with Crippen LogP contribution in [0.1, 0.15) is 0 Å². The quantitative estimate of drug-likeness (QED) is 0.388. The Balaban J connectivity index is 1.74. The summed E-state index contributed by atoms with van der Waals surface area (Å²) in [7, 11) is 0. The van der Waals surface area contributed by atoms with E-state index >= 15 is 0 Å². The molecule has 4 nitrogen and oxygen atoms in total. The van der Waals surface area contributed by atoms with E-state index in [1.807, 2.05) is 47.0 Å². The fourth-order valence-corrected chi connectivity index (χ4v) is 4.29. The first-order valence-electron chi connectivity index (χ1n) is 8.63. The van der Waals surface area contributed by atoms with E-state index in [0.717, 1.165) is 32.2 Å². The summed E-state index contributed by atoms with van der Waals surface area (Å²) >= 11 is 1.44. The van der Waals surface area contributed by atoms with Gasteiger partial charge in [0.25, 0.3) is 0 Å². The number of aromatic nitrogens is 2. The zero-order chi connectivity index (χ0) is 19.1. The van der Waals surface area contributed by atoms with Crippen LogP contribution < -0.4 is 5.63 Å². The van der Waals surface area contributed by atoms with Crippen molar-refractivity contribution in [3.05, 3.63) is 95.2 Å². The second-order valence-electron chi connectivity index (χ2n) is 6.23. The summed E-state index contributed by atoms with van der Waals surface area (Å²) in [5.41, 5.74) is 2.44. The first-order chi connectivity index (χ1) is 13.7. The fraction of sp³-hybridized carbons (Fsp3) is 0. The molecule has 0 spiro atoms. The number of hydrogen-bond donors (Lipinski definition) is 0. The van der Waals surface area contributed by atoms with Crippen molar-refractivity contribution in [3.8, 4) is 11.3 Å². The minimum atomic E-state index is -0.404. The molecule has 0 aliphatic carbocycles. The van der Waals surface area contributed by atoms with E-state index in [9.17, 15) is 9.18 Å². The molecule has 136 valence electrons. The van der Waals surface area contributed by atoms with E-state index in [4.69, 9.17) is 9.40 Å². The summed E-state index contributed by atoms with van der Waals surface area (Å²) in [5.74, 6) is -0.298. The van der Waals surface area contributed by atoms with Crippen molar-refractivity contribution in [3.63, 3.8) is 0 Å². The third kappa shape index (κ3) is 2.88. The predicted molar refractivity (Wildman–Crippen MR) is 107 cm³/mol. The molecule has 2 aromatic carbocycles. The summed E-state index contributed by atoms with van der Waals surface area (Å²) in [4.78, 5) is 17.6. The van der Waals surface area contributed by atoms with Crippen molar-refractivity contribution in [2.24, 2.45) is 0 Å². The van der Waals surface area contributed by atoms with Gasteiger partial charge in [0.05, 0.1) is 0 Å². The fourth-order valence-electron chi connectivity index (χ4n) is 3.14. The molecule has 3 heterocycles. The van der Waals surface area contributed by atoms with Gasteiger partial charge in [-0.1, -0.05) is 36.0 Å². The lowest BCUT2D eigenvalue weighted by atomic mass is 10.2. The molecule has 0 unspecified atom stereocenters. The molecule has 0 aliphatic rings. The molecule has 3 aromatic heterocycles. The topological polar surface area (TPSA) is 47.5 Å². The van der Waals surface area contributed by atoms with Crippen molar-refractivity contribution in [2.45, 2.75) is 9.92 Å². The Morgan fingerprint density at radius 1 is 0.964 bits per heavy atom. The first-order valence-corrected chi connectivity index (χ1v) is 9.44. The van der Waals surface area contributed by atoms with Crippen LogP contribution in [0.5, 0.6) is 0 Å². The zero-order valence-corrected chi connectivity index (χ0v) is 15.3. The Labute approximate surface area is 163 Å². The van der Waals surface area contributed by atoms with Crippen LogP contribution in [0.15, 0.2) is 98.1 Å². The number of rotatable bonds is 3. The molecule has 0 radical (unpaired) electrons. The minimum Gasteiger partial charge on any atom is -0.423 e. The monoisotopic (exact) mass is 388 g/mol. The number of fused-ring (bicyclic) bond motifs is 2. The van der Waals surface area contributed by atoms with Gasteiger partial charge in [-0.3, -0.25) is 4.40 Å². The van der Waals surface area contributed by atoms with Gasteiger partial charge in [-0.15, -0.1) is 0 Å². The van der Waals surface area contributed by atoms with E-state index in [2.05, 4.69) is 0 Å². The molecule has 0 aliphatic heterocycles. The summed E-state index contributed by atoms with van der Waals surface area (Å²) in [6.07, 6.45) is 1.92. The van der Waals surface area contributed by atoms with Crippen LogP contribution in [0.3, 0.4) is 0 Å². The Kier molecular flexibility index (Phi) is 3.98. The Bertz CT molecular complexity index is 1370. The largest absolute Gasteiger partial charge is 0.423 e. The molecule has 28 heavy (non-hydrogen) atoms. The Hall–Kier alpha value is -3.38. The highest BCUT2D eigenvalue weighted by Crippen LogP contribution is 2.38. The standard InChI is InChI=1S/C22H13FN2O2S/c23-15-10-8-14(9-11-15)21-22(25-12-4-3-7-19(25)24-21)28-18-13-20(26)27-17-6-2-1-5-16(17)18/h1-13H. The Morgan fingerprint density at radius 2 is 1.75 bits per heavy atom. The van der Waals surface area contributed by atoms with E-state index < -0.39 is 5.63 Å². The second kappa shape index (κ2) is 6.65. The minimum absolute atomic E-state index is 0.298. The number of pyridine rings is 1. The van der Waals surface area contributed by atoms with Gasteiger partial charge in [0.1, 0.15) is 27.8 Å². The van der Waals surface area contributed by atoms with E-state index in [0.29, 0.717) is 5.58 Å². The second-order valence-corrected chi connectivity index (χ2v) is 7.26. The van der Waals surface area contributed by atoms with Crippen molar-refractivity contribution < 1.29 is 8.81 Å². The van der Waals surface area contributed by atoms with Crippen LogP contribution in [0, 0.1) is 5.82 Å². The first kappa shape index (κ1) is 16.8. The summed E-state index contributed by atoms with van der Waals surface area (Å²) in [6.45, 7) is 0. The predicted octanol–water partition coefficient (Wildman–Crippen LogP) is 5.40. The van der Waals surface area contributed by atoms with Crippen molar-refractivity contribution in [2.75, 3.05) is 0 Å². The summed E-state index contributed by atoms with van der Waals surface area (Å²) < 4.78 is 20.7. The number of imidazole rings is 1. The molecule has 0 fully saturated rings. The van der Waals surface area contributed by atoms with Crippen molar-refractivity contribution >= 4 is 28.4 Å². The van der Waals surface area contributed by atoms with Gasteiger partial charge >= 0.3 is 5.63 Å². The van der Waals surface area contributed by atoms with Crippen LogP contribution in [0.25, 0.3) is 27.9 Å². The molecule has 0 amide bonds. The normalized spacial score (nSPS) is 11.3. The van der Waals surface area contributed by atoms with Gasteiger partial charge in [-0.2, -0.15) is 0 Å². The molecule has 0 saturated carbocycles. The maximum absolute atomic E-state index is 13.4.